The molecule has 1 N–H and O–H groups in total. The molecule has 0 aromatic carbocycles. The summed E-state index contributed by atoms with van der Waals surface area (Å²) in [5.74, 6) is 0.860. The molecule has 4 heteroatoms. The predicted octanol–water partition coefficient (Wildman–Crippen LogP) is 3.00. The first-order chi connectivity index (χ1) is 7.40. The first kappa shape index (κ1) is 14.7. The van der Waals surface area contributed by atoms with Crippen molar-refractivity contribution in [3.63, 3.8) is 0 Å². The van der Waals surface area contributed by atoms with Gasteiger partial charge in [0.05, 0.1) is 0 Å². The van der Waals surface area contributed by atoms with Crippen LogP contribution in [0, 0.1) is 5.92 Å². The van der Waals surface area contributed by atoms with Crippen LogP contribution in [0.2, 0.25) is 0 Å². The zero-order valence-corrected chi connectivity index (χ0v) is 11.5. The van der Waals surface area contributed by atoms with Crippen molar-refractivity contribution in [1.29, 1.82) is 0 Å². The van der Waals surface area contributed by atoms with Gasteiger partial charge < -0.3 is 5.32 Å². The normalized spacial score (nSPS) is 30.2. The maximum atomic E-state index is 4.42. The van der Waals surface area contributed by atoms with Crippen molar-refractivity contribution in [3.05, 3.63) is 30.1 Å². The smallest absolute Gasteiger partial charge is 0.0406 e. The van der Waals surface area contributed by atoms with Gasteiger partial charge in [0.1, 0.15) is 0 Å². The fourth-order valence-electron chi connectivity index (χ4n) is 3.16. The van der Waals surface area contributed by atoms with Gasteiger partial charge in [-0.3, -0.25) is 4.98 Å². The number of aromatic nitrogens is 1. The molecular weight excluding hydrogens is 255 g/mol. The summed E-state index contributed by atoms with van der Waals surface area (Å²) in [5.41, 5.74) is 1.27. The number of hydrogen-bond acceptors (Lipinski definition) is 2. The molecule has 0 saturated carbocycles. The fraction of sp³-hybridized carbons (Fsp3) is 0.615. The van der Waals surface area contributed by atoms with E-state index < -0.39 is 0 Å². The van der Waals surface area contributed by atoms with Gasteiger partial charge in [0.15, 0.2) is 0 Å². The summed E-state index contributed by atoms with van der Waals surface area (Å²) in [6.45, 7) is 0. The number of halogens is 2. The quantitative estimate of drug-likeness (QED) is 0.897. The lowest BCUT2D eigenvalue weighted by atomic mass is 9.88. The van der Waals surface area contributed by atoms with Gasteiger partial charge in [0, 0.05) is 24.0 Å². The number of hydrogen-bond donors (Lipinski definition) is 1. The Kier molecular flexibility index (Phi) is 5.71. The maximum Gasteiger partial charge on any atom is 0.0406 e. The minimum Gasteiger partial charge on any atom is -0.311 e. The Morgan fingerprint density at radius 1 is 1.12 bits per heavy atom. The summed E-state index contributed by atoms with van der Waals surface area (Å²) < 4.78 is 0. The molecule has 2 unspecified atom stereocenters. The Hall–Kier alpha value is -0.310. The largest absolute Gasteiger partial charge is 0.311 e. The van der Waals surface area contributed by atoms with Crippen LogP contribution in [0.25, 0.3) is 0 Å². The SMILES string of the molecule is Cl.Cl.c1ccc(CC2CC3CCC(C2)N3)nc1. The average molecular weight is 275 g/mol. The molecule has 2 saturated heterocycles. The molecule has 1 aromatic rings. The summed E-state index contributed by atoms with van der Waals surface area (Å²) in [4.78, 5) is 4.42. The third kappa shape index (κ3) is 3.57. The van der Waals surface area contributed by atoms with Crippen LogP contribution in [-0.4, -0.2) is 17.1 Å². The lowest BCUT2D eigenvalue weighted by Crippen LogP contribution is -2.38. The Balaban J connectivity index is 0.000000722. The molecule has 0 aliphatic carbocycles. The second-order valence-electron chi connectivity index (χ2n) is 5.00. The van der Waals surface area contributed by atoms with E-state index in [1.165, 1.54) is 37.8 Å². The van der Waals surface area contributed by atoms with Crippen LogP contribution in [0.3, 0.4) is 0 Å². The highest BCUT2D eigenvalue weighted by Gasteiger charge is 2.33. The molecule has 17 heavy (non-hydrogen) atoms. The van der Waals surface area contributed by atoms with Gasteiger partial charge in [-0.2, -0.15) is 0 Å². The van der Waals surface area contributed by atoms with Gasteiger partial charge in [-0.25, -0.2) is 0 Å². The van der Waals surface area contributed by atoms with Crippen molar-refractivity contribution >= 4 is 24.8 Å². The lowest BCUT2D eigenvalue weighted by molar-refractivity contribution is 0.297. The van der Waals surface area contributed by atoms with E-state index in [1.807, 2.05) is 12.3 Å². The molecule has 0 amide bonds. The third-order valence-corrected chi connectivity index (χ3v) is 3.79. The number of nitrogens with zero attached hydrogens (tertiary/aromatic N) is 1. The van der Waals surface area contributed by atoms with Gasteiger partial charge in [-0.1, -0.05) is 6.07 Å². The minimum atomic E-state index is 0. The number of pyridine rings is 1. The zero-order chi connectivity index (χ0) is 10.1. The highest BCUT2D eigenvalue weighted by Crippen LogP contribution is 2.32. The Labute approximate surface area is 115 Å². The summed E-state index contributed by atoms with van der Waals surface area (Å²) in [5, 5.41) is 3.69. The predicted molar refractivity (Wildman–Crippen MR) is 75.1 cm³/mol. The molecule has 2 fully saturated rings. The van der Waals surface area contributed by atoms with Gasteiger partial charge in [-0.05, 0) is 50.2 Å². The molecule has 3 rings (SSSR count). The van der Waals surface area contributed by atoms with E-state index in [0.29, 0.717) is 0 Å². The van der Waals surface area contributed by atoms with Crippen LogP contribution in [0.5, 0.6) is 0 Å². The molecule has 96 valence electrons. The highest BCUT2D eigenvalue weighted by molar-refractivity contribution is 5.85. The topological polar surface area (TPSA) is 24.9 Å². The summed E-state index contributed by atoms with van der Waals surface area (Å²) in [7, 11) is 0. The second kappa shape index (κ2) is 6.58. The standard InChI is InChI=1S/C13H18N2.2ClH/c1-2-6-14-11(3-1)7-10-8-12-4-5-13(9-10)15-12;;/h1-3,6,10,12-13,15H,4-5,7-9H2;2*1H. The highest BCUT2D eigenvalue weighted by atomic mass is 35.5. The van der Waals surface area contributed by atoms with Crippen molar-refractivity contribution in [2.45, 2.75) is 44.2 Å². The van der Waals surface area contributed by atoms with Crippen LogP contribution in [0.4, 0.5) is 0 Å². The van der Waals surface area contributed by atoms with Gasteiger partial charge in [0.25, 0.3) is 0 Å². The summed E-state index contributed by atoms with van der Waals surface area (Å²) in [6, 6.07) is 7.85. The molecule has 3 heterocycles. The number of nitrogens with one attached hydrogen (secondary N) is 1. The van der Waals surface area contributed by atoms with Gasteiger partial charge in [-0.15, -0.1) is 24.8 Å². The summed E-state index contributed by atoms with van der Waals surface area (Å²) >= 11 is 0. The van der Waals surface area contributed by atoms with Crippen LogP contribution >= 0.6 is 24.8 Å². The second-order valence-corrected chi connectivity index (χ2v) is 5.00. The van der Waals surface area contributed by atoms with Gasteiger partial charge in [0.2, 0.25) is 0 Å². The average Bonchev–Trinajstić information content (AvgIpc) is 2.60. The van der Waals surface area contributed by atoms with Crippen molar-refractivity contribution in [2.75, 3.05) is 0 Å². The summed E-state index contributed by atoms with van der Waals surface area (Å²) in [6.07, 6.45) is 8.58. The number of piperidine rings is 1. The Morgan fingerprint density at radius 2 is 1.82 bits per heavy atom. The first-order valence-electron chi connectivity index (χ1n) is 6.06. The lowest BCUT2D eigenvalue weighted by Gasteiger charge is -2.28. The van der Waals surface area contributed by atoms with E-state index in [2.05, 4.69) is 22.4 Å². The third-order valence-electron chi connectivity index (χ3n) is 3.79. The fourth-order valence-corrected chi connectivity index (χ4v) is 3.16. The van der Waals surface area contributed by atoms with E-state index in [1.54, 1.807) is 0 Å². The monoisotopic (exact) mass is 274 g/mol. The van der Waals surface area contributed by atoms with Crippen LogP contribution in [0.15, 0.2) is 24.4 Å². The molecule has 0 radical (unpaired) electrons. The van der Waals surface area contributed by atoms with E-state index in [9.17, 15) is 0 Å². The van der Waals surface area contributed by atoms with Crippen molar-refractivity contribution in [1.82, 2.24) is 10.3 Å². The van der Waals surface area contributed by atoms with E-state index in [-0.39, 0.29) is 24.8 Å². The molecule has 2 aliphatic heterocycles. The molecule has 2 atom stereocenters. The van der Waals surface area contributed by atoms with Crippen LogP contribution in [-0.2, 0) is 6.42 Å². The number of fused-ring (bicyclic) bond motifs is 2. The van der Waals surface area contributed by atoms with Gasteiger partial charge >= 0.3 is 0 Å². The van der Waals surface area contributed by atoms with Crippen molar-refractivity contribution < 1.29 is 0 Å². The zero-order valence-electron chi connectivity index (χ0n) is 9.84. The Morgan fingerprint density at radius 3 is 2.41 bits per heavy atom. The molecule has 1 aromatic heterocycles. The maximum absolute atomic E-state index is 4.42. The van der Waals surface area contributed by atoms with Crippen LogP contribution in [0.1, 0.15) is 31.4 Å². The molecule has 2 aliphatic rings. The molecule has 0 spiro atoms. The molecule has 2 bridgehead atoms. The number of rotatable bonds is 2. The minimum absolute atomic E-state index is 0. The Bertz CT molecular complexity index is 319. The van der Waals surface area contributed by atoms with E-state index in [4.69, 9.17) is 0 Å². The first-order valence-corrected chi connectivity index (χ1v) is 6.06. The molecule has 2 nitrogen and oxygen atoms in total. The van der Waals surface area contributed by atoms with E-state index in [0.717, 1.165) is 18.0 Å². The van der Waals surface area contributed by atoms with Crippen molar-refractivity contribution in [3.8, 4) is 0 Å². The van der Waals surface area contributed by atoms with Crippen molar-refractivity contribution in [2.24, 2.45) is 5.92 Å². The van der Waals surface area contributed by atoms with Crippen LogP contribution < -0.4 is 5.32 Å². The van der Waals surface area contributed by atoms with E-state index >= 15 is 0 Å². The molecular formula is C13H20Cl2N2.